The van der Waals surface area contributed by atoms with Crippen LogP contribution in [0.15, 0.2) is 47.1 Å². The summed E-state index contributed by atoms with van der Waals surface area (Å²) >= 11 is 2.91. The number of amides is 1. The Labute approximate surface area is 164 Å². The van der Waals surface area contributed by atoms with Gasteiger partial charge in [0.25, 0.3) is 0 Å². The van der Waals surface area contributed by atoms with E-state index in [0.717, 1.165) is 26.4 Å². The molecule has 0 N–H and O–H groups in total. The van der Waals surface area contributed by atoms with Crippen LogP contribution in [0.25, 0.3) is 10.2 Å². The highest BCUT2D eigenvalue weighted by molar-refractivity contribution is 8.00. The Bertz CT molecular complexity index is 1000. The van der Waals surface area contributed by atoms with Gasteiger partial charge < -0.3 is 9.64 Å². The van der Waals surface area contributed by atoms with E-state index < -0.39 is 6.04 Å². The van der Waals surface area contributed by atoms with E-state index in [0.29, 0.717) is 13.0 Å². The summed E-state index contributed by atoms with van der Waals surface area (Å²) < 4.78 is 4.94. The molecule has 27 heavy (non-hydrogen) atoms. The molecule has 3 heterocycles. The lowest BCUT2D eigenvalue weighted by Gasteiger charge is -2.35. The number of fused-ring (bicyclic) bond motifs is 2. The molecule has 0 aliphatic carbocycles. The maximum absolute atomic E-state index is 12.9. The Balaban J connectivity index is 1.54. The van der Waals surface area contributed by atoms with Gasteiger partial charge in [0.15, 0.2) is 0 Å². The van der Waals surface area contributed by atoms with E-state index in [-0.39, 0.29) is 17.6 Å². The Hall–Kier alpha value is -2.45. The van der Waals surface area contributed by atoms with Crippen LogP contribution in [0, 0.1) is 0 Å². The normalized spacial score (nSPS) is 16.2. The lowest BCUT2D eigenvalue weighted by atomic mass is 9.94. The molecule has 4 rings (SSSR count). The number of rotatable bonds is 4. The summed E-state index contributed by atoms with van der Waals surface area (Å²) in [6.45, 7) is 0.410. The van der Waals surface area contributed by atoms with Crippen LogP contribution in [0.4, 0.5) is 0 Å². The van der Waals surface area contributed by atoms with E-state index in [2.05, 4.69) is 9.97 Å². The van der Waals surface area contributed by atoms with Crippen molar-refractivity contribution in [3.8, 4) is 0 Å². The average molecular weight is 399 g/mol. The predicted molar refractivity (Wildman–Crippen MR) is 105 cm³/mol. The van der Waals surface area contributed by atoms with Crippen molar-refractivity contribution in [2.24, 2.45) is 0 Å². The highest BCUT2D eigenvalue weighted by atomic mass is 32.2. The molecule has 1 amide bonds. The van der Waals surface area contributed by atoms with E-state index in [1.165, 1.54) is 25.2 Å². The molecular weight excluding hydrogens is 382 g/mol. The molecular formula is C19H17N3O3S2. The molecule has 0 saturated carbocycles. The van der Waals surface area contributed by atoms with Crippen LogP contribution in [0.2, 0.25) is 0 Å². The predicted octanol–water partition coefficient (Wildman–Crippen LogP) is 2.91. The molecule has 1 aliphatic rings. The third kappa shape index (κ3) is 3.54. The number of hydrogen-bond donors (Lipinski definition) is 0. The number of ether oxygens (including phenoxy) is 1. The number of hydrogen-bond acceptors (Lipinski definition) is 7. The van der Waals surface area contributed by atoms with Gasteiger partial charge in [-0.1, -0.05) is 36.0 Å². The quantitative estimate of drug-likeness (QED) is 0.382. The molecule has 1 atom stereocenters. The van der Waals surface area contributed by atoms with E-state index in [1.807, 2.05) is 35.7 Å². The van der Waals surface area contributed by atoms with Crippen LogP contribution in [0.3, 0.4) is 0 Å². The first-order chi connectivity index (χ1) is 13.2. The maximum atomic E-state index is 12.9. The Kier molecular flexibility index (Phi) is 5.09. The highest BCUT2D eigenvalue weighted by Crippen LogP contribution is 2.29. The zero-order chi connectivity index (χ0) is 18.8. The summed E-state index contributed by atoms with van der Waals surface area (Å²) in [6, 6.07) is 9.25. The minimum Gasteiger partial charge on any atom is -0.467 e. The second-order valence-corrected chi connectivity index (χ2v) is 8.00. The number of benzene rings is 1. The smallest absolute Gasteiger partial charge is 0.328 e. The number of carbonyl (C=O) groups excluding carboxylic acids is 2. The van der Waals surface area contributed by atoms with Crippen molar-refractivity contribution >= 4 is 45.2 Å². The molecule has 1 aromatic carbocycles. The molecule has 0 saturated heterocycles. The number of methoxy groups -OCH3 is 1. The molecule has 1 aliphatic heterocycles. The first-order valence-electron chi connectivity index (χ1n) is 8.42. The lowest BCUT2D eigenvalue weighted by Crippen LogP contribution is -2.49. The fourth-order valence-electron chi connectivity index (χ4n) is 3.23. The second kappa shape index (κ2) is 7.66. The Morgan fingerprint density at radius 2 is 2.07 bits per heavy atom. The van der Waals surface area contributed by atoms with Gasteiger partial charge in [-0.25, -0.2) is 14.8 Å². The summed E-state index contributed by atoms with van der Waals surface area (Å²) in [5.41, 5.74) is 2.15. The minimum absolute atomic E-state index is 0.105. The van der Waals surface area contributed by atoms with Gasteiger partial charge in [0.1, 0.15) is 22.2 Å². The van der Waals surface area contributed by atoms with Gasteiger partial charge in [0.2, 0.25) is 5.91 Å². The van der Waals surface area contributed by atoms with E-state index in [1.54, 1.807) is 16.2 Å². The largest absolute Gasteiger partial charge is 0.467 e. The van der Waals surface area contributed by atoms with Gasteiger partial charge in [-0.3, -0.25) is 4.79 Å². The molecule has 0 spiro atoms. The van der Waals surface area contributed by atoms with Crippen LogP contribution in [0.1, 0.15) is 11.1 Å². The van der Waals surface area contributed by atoms with Crippen molar-refractivity contribution in [3.05, 3.63) is 53.2 Å². The summed E-state index contributed by atoms with van der Waals surface area (Å²) in [4.78, 5) is 36.3. The lowest BCUT2D eigenvalue weighted by molar-refractivity contribution is -0.153. The monoisotopic (exact) mass is 399 g/mol. The first-order valence-corrected chi connectivity index (χ1v) is 10.3. The third-order valence-electron chi connectivity index (χ3n) is 4.60. The van der Waals surface area contributed by atoms with Gasteiger partial charge in [0.05, 0.1) is 12.9 Å². The van der Waals surface area contributed by atoms with E-state index in [9.17, 15) is 9.59 Å². The van der Waals surface area contributed by atoms with E-state index in [4.69, 9.17) is 4.74 Å². The van der Waals surface area contributed by atoms with Gasteiger partial charge in [0, 0.05) is 18.4 Å². The fourth-order valence-corrected chi connectivity index (χ4v) is 4.89. The van der Waals surface area contributed by atoms with Crippen LogP contribution >= 0.6 is 23.1 Å². The van der Waals surface area contributed by atoms with Crippen molar-refractivity contribution < 1.29 is 14.3 Å². The number of aromatic nitrogens is 2. The third-order valence-corrected chi connectivity index (χ3v) is 6.41. The van der Waals surface area contributed by atoms with Crippen molar-refractivity contribution in [1.82, 2.24) is 14.9 Å². The molecule has 8 heteroatoms. The van der Waals surface area contributed by atoms with Gasteiger partial charge in [-0.05, 0) is 22.6 Å². The van der Waals surface area contributed by atoms with Crippen LogP contribution in [0.5, 0.6) is 0 Å². The van der Waals surface area contributed by atoms with Crippen molar-refractivity contribution in [3.63, 3.8) is 0 Å². The number of thiophene rings is 1. The Morgan fingerprint density at radius 3 is 2.89 bits per heavy atom. The van der Waals surface area contributed by atoms with Gasteiger partial charge in [-0.15, -0.1) is 11.3 Å². The minimum atomic E-state index is -0.593. The number of esters is 1. The molecule has 3 aromatic rings. The zero-order valence-corrected chi connectivity index (χ0v) is 16.3. The molecule has 0 bridgehead atoms. The van der Waals surface area contributed by atoms with Crippen LogP contribution in [-0.2, 0) is 27.3 Å². The molecule has 2 aromatic heterocycles. The standard InChI is InChI=1S/C19H17N3O3S2/c1-25-19(24)15-8-12-4-2-3-5-13(12)9-22(15)16(23)10-27-18-14-6-7-26-17(14)20-11-21-18/h2-7,11,15H,8-10H2,1H3/t15-/m0/s1. The Morgan fingerprint density at radius 1 is 1.26 bits per heavy atom. The summed E-state index contributed by atoms with van der Waals surface area (Å²) in [6.07, 6.45) is 1.99. The SMILES string of the molecule is COC(=O)[C@@H]1Cc2ccccc2CN1C(=O)CSc1ncnc2sccc12. The average Bonchev–Trinajstić information content (AvgIpc) is 3.19. The maximum Gasteiger partial charge on any atom is 0.328 e. The van der Waals surface area contributed by atoms with Gasteiger partial charge in [-0.2, -0.15) is 0 Å². The number of nitrogens with zero attached hydrogens (tertiary/aromatic N) is 3. The topological polar surface area (TPSA) is 72.4 Å². The van der Waals surface area contributed by atoms with Crippen LogP contribution in [-0.4, -0.2) is 45.6 Å². The summed E-state index contributed by atoms with van der Waals surface area (Å²) in [5, 5.41) is 3.69. The molecule has 0 radical (unpaired) electrons. The number of carbonyl (C=O) groups is 2. The van der Waals surface area contributed by atoms with Gasteiger partial charge >= 0.3 is 5.97 Å². The molecule has 138 valence electrons. The fraction of sp³-hybridized carbons (Fsp3) is 0.263. The molecule has 0 unspecified atom stereocenters. The molecule has 0 fully saturated rings. The van der Waals surface area contributed by atoms with Crippen molar-refractivity contribution in [1.29, 1.82) is 0 Å². The van der Waals surface area contributed by atoms with Crippen molar-refractivity contribution in [2.75, 3.05) is 12.9 Å². The zero-order valence-electron chi connectivity index (χ0n) is 14.6. The van der Waals surface area contributed by atoms with Crippen LogP contribution < -0.4 is 0 Å². The summed E-state index contributed by atoms with van der Waals surface area (Å²) in [7, 11) is 1.36. The van der Waals surface area contributed by atoms with Crippen molar-refractivity contribution in [2.45, 2.75) is 24.0 Å². The first kappa shape index (κ1) is 17.9. The molecule has 6 nitrogen and oxygen atoms in total. The summed E-state index contributed by atoms with van der Waals surface area (Å²) in [5.74, 6) is -0.283. The highest BCUT2D eigenvalue weighted by Gasteiger charge is 2.35. The number of thioether (sulfide) groups is 1. The van der Waals surface area contributed by atoms with E-state index >= 15 is 0 Å². The second-order valence-electron chi connectivity index (χ2n) is 6.14.